The largest absolute Gasteiger partial charge is 0.480 e. The molecule has 0 saturated heterocycles. The van der Waals surface area contributed by atoms with Gasteiger partial charge in [-0.1, -0.05) is 27.2 Å². The Morgan fingerprint density at radius 3 is 2.27 bits per heavy atom. The molecule has 1 unspecified atom stereocenters. The number of rotatable bonds is 7. The number of carboxylic acids is 1. The lowest BCUT2D eigenvalue weighted by molar-refractivity contribution is -0.149. The highest BCUT2D eigenvalue weighted by molar-refractivity contribution is 5.77. The van der Waals surface area contributed by atoms with Crippen molar-refractivity contribution in [2.75, 3.05) is 13.1 Å². The number of likely N-dealkylation sites (N-methyl/N-ethyl adjacent to an activating group) is 1. The van der Waals surface area contributed by atoms with E-state index in [1.807, 2.05) is 11.8 Å². The topological polar surface area (TPSA) is 40.5 Å². The highest BCUT2D eigenvalue weighted by atomic mass is 16.4. The molecule has 3 nitrogen and oxygen atoms in total. The van der Waals surface area contributed by atoms with Crippen LogP contribution >= 0.6 is 0 Å². The Hall–Kier alpha value is -0.570. The van der Waals surface area contributed by atoms with Gasteiger partial charge in [0.05, 0.1) is 0 Å². The first kappa shape index (κ1) is 14.4. The molecule has 3 heteroatoms. The fourth-order valence-corrected chi connectivity index (χ4v) is 1.85. The predicted octanol–water partition coefficient (Wildman–Crippen LogP) is 2.61. The van der Waals surface area contributed by atoms with Crippen LogP contribution in [0.4, 0.5) is 0 Å². The lowest BCUT2D eigenvalue weighted by Crippen LogP contribution is -2.51. The van der Waals surface area contributed by atoms with Crippen LogP contribution in [0.2, 0.25) is 0 Å². The average molecular weight is 215 g/mol. The van der Waals surface area contributed by atoms with Gasteiger partial charge in [0.15, 0.2) is 0 Å². The predicted molar refractivity (Wildman–Crippen MR) is 63.0 cm³/mol. The zero-order valence-electron chi connectivity index (χ0n) is 10.7. The number of aliphatic carboxylic acids is 1. The third kappa shape index (κ3) is 4.20. The maximum Gasteiger partial charge on any atom is 0.323 e. The molecule has 0 bridgehead atoms. The maximum atomic E-state index is 11.1. The summed E-state index contributed by atoms with van der Waals surface area (Å²) in [7, 11) is 0. The monoisotopic (exact) mass is 215 g/mol. The third-order valence-electron chi connectivity index (χ3n) is 3.01. The average Bonchev–Trinajstić information content (AvgIpc) is 2.14. The molecule has 0 spiro atoms. The molecule has 1 atom stereocenters. The first-order valence-corrected chi connectivity index (χ1v) is 5.84. The van der Waals surface area contributed by atoms with Crippen LogP contribution in [0, 0.1) is 5.92 Å². The maximum absolute atomic E-state index is 11.1. The summed E-state index contributed by atoms with van der Waals surface area (Å²) in [6.07, 6.45) is 2.32. The molecule has 90 valence electrons. The van der Waals surface area contributed by atoms with E-state index >= 15 is 0 Å². The summed E-state index contributed by atoms with van der Waals surface area (Å²) in [5.41, 5.74) is -0.753. The van der Waals surface area contributed by atoms with Crippen molar-refractivity contribution in [3.63, 3.8) is 0 Å². The molecule has 15 heavy (non-hydrogen) atoms. The van der Waals surface area contributed by atoms with Crippen LogP contribution in [-0.2, 0) is 4.79 Å². The van der Waals surface area contributed by atoms with Gasteiger partial charge >= 0.3 is 5.97 Å². The van der Waals surface area contributed by atoms with E-state index in [1.165, 1.54) is 0 Å². The van der Waals surface area contributed by atoms with Crippen molar-refractivity contribution in [2.45, 2.75) is 53.0 Å². The van der Waals surface area contributed by atoms with Gasteiger partial charge in [-0.05, 0) is 32.7 Å². The minimum atomic E-state index is -0.753. The molecule has 0 fully saturated rings. The normalized spacial score (nSPS) is 14.3. The van der Waals surface area contributed by atoms with Gasteiger partial charge in [0, 0.05) is 6.54 Å². The molecular formula is C12H25NO2. The van der Waals surface area contributed by atoms with E-state index in [0.717, 1.165) is 25.9 Å². The molecule has 0 saturated carbocycles. The van der Waals surface area contributed by atoms with Crippen molar-refractivity contribution in [2.24, 2.45) is 5.92 Å². The van der Waals surface area contributed by atoms with Gasteiger partial charge in [0.25, 0.3) is 0 Å². The van der Waals surface area contributed by atoms with E-state index in [2.05, 4.69) is 13.8 Å². The van der Waals surface area contributed by atoms with Crippen molar-refractivity contribution in [1.29, 1.82) is 0 Å². The van der Waals surface area contributed by atoms with Crippen molar-refractivity contribution in [3.8, 4) is 0 Å². The summed E-state index contributed by atoms with van der Waals surface area (Å²) in [6.45, 7) is 11.6. The van der Waals surface area contributed by atoms with Crippen LogP contribution < -0.4 is 0 Å². The van der Waals surface area contributed by atoms with Crippen LogP contribution in [0.3, 0.4) is 0 Å². The molecule has 0 amide bonds. The van der Waals surface area contributed by atoms with Crippen molar-refractivity contribution in [1.82, 2.24) is 4.90 Å². The van der Waals surface area contributed by atoms with Crippen molar-refractivity contribution < 1.29 is 9.90 Å². The smallest absolute Gasteiger partial charge is 0.323 e. The minimum absolute atomic E-state index is 0.563. The molecule has 0 aromatic carbocycles. The van der Waals surface area contributed by atoms with Crippen molar-refractivity contribution in [3.05, 3.63) is 0 Å². The minimum Gasteiger partial charge on any atom is -0.480 e. The first-order valence-electron chi connectivity index (χ1n) is 5.84. The van der Waals surface area contributed by atoms with Crippen LogP contribution in [0.25, 0.3) is 0 Å². The molecule has 0 aromatic heterocycles. The van der Waals surface area contributed by atoms with E-state index in [4.69, 9.17) is 5.11 Å². The van der Waals surface area contributed by atoms with Gasteiger partial charge in [0.1, 0.15) is 5.54 Å². The van der Waals surface area contributed by atoms with E-state index in [1.54, 1.807) is 13.8 Å². The number of nitrogens with zero attached hydrogens (tertiary/aromatic N) is 1. The summed E-state index contributed by atoms with van der Waals surface area (Å²) in [5, 5.41) is 9.14. The molecule has 0 rings (SSSR count). The molecule has 0 aliphatic carbocycles. The Bertz CT molecular complexity index is 202. The highest BCUT2D eigenvalue weighted by Crippen LogP contribution is 2.18. The number of carboxylic acid groups (broad SMARTS) is 1. The molecule has 0 aliphatic rings. The van der Waals surface area contributed by atoms with Gasteiger partial charge in [-0.2, -0.15) is 0 Å². The lowest BCUT2D eigenvalue weighted by Gasteiger charge is -2.35. The Kier molecular flexibility index (Phi) is 5.88. The molecule has 0 heterocycles. The van der Waals surface area contributed by atoms with E-state index in [9.17, 15) is 4.79 Å². The van der Waals surface area contributed by atoms with Gasteiger partial charge in [0.2, 0.25) is 0 Å². The summed E-state index contributed by atoms with van der Waals surface area (Å²) >= 11 is 0. The van der Waals surface area contributed by atoms with Gasteiger partial charge in [-0.15, -0.1) is 0 Å². The first-order chi connectivity index (χ1) is 6.86. The number of carbonyl (C=O) groups is 1. The van der Waals surface area contributed by atoms with Gasteiger partial charge < -0.3 is 5.11 Å². The van der Waals surface area contributed by atoms with Crippen LogP contribution in [0.5, 0.6) is 0 Å². The molecule has 0 radical (unpaired) electrons. The third-order valence-corrected chi connectivity index (χ3v) is 3.01. The molecule has 0 aromatic rings. The SMILES string of the molecule is CCCC(C)CN(CC)C(C)(C)C(=O)O. The van der Waals surface area contributed by atoms with Crippen LogP contribution in [-0.4, -0.2) is 34.6 Å². The number of hydrogen-bond acceptors (Lipinski definition) is 2. The molecule has 0 aliphatic heterocycles. The van der Waals surface area contributed by atoms with Gasteiger partial charge in [-0.25, -0.2) is 0 Å². The summed E-state index contributed by atoms with van der Waals surface area (Å²) in [5.74, 6) is -0.179. The van der Waals surface area contributed by atoms with Crippen LogP contribution in [0.15, 0.2) is 0 Å². The molecular weight excluding hydrogens is 190 g/mol. The zero-order valence-corrected chi connectivity index (χ0v) is 10.7. The fourth-order valence-electron chi connectivity index (χ4n) is 1.85. The summed E-state index contributed by atoms with van der Waals surface area (Å²) in [4.78, 5) is 13.2. The van der Waals surface area contributed by atoms with Gasteiger partial charge in [-0.3, -0.25) is 9.69 Å². The second kappa shape index (κ2) is 6.11. The van der Waals surface area contributed by atoms with Crippen LogP contribution in [0.1, 0.15) is 47.5 Å². The molecule has 1 N–H and O–H groups in total. The van der Waals surface area contributed by atoms with Crippen molar-refractivity contribution >= 4 is 5.97 Å². The number of hydrogen-bond donors (Lipinski definition) is 1. The summed E-state index contributed by atoms with van der Waals surface area (Å²) < 4.78 is 0. The Balaban J connectivity index is 4.42. The zero-order chi connectivity index (χ0) is 12.1. The Morgan fingerprint density at radius 2 is 1.93 bits per heavy atom. The second-order valence-electron chi connectivity index (χ2n) is 4.80. The highest BCUT2D eigenvalue weighted by Gasteiger charge is 2.33. The quantitative estimate of drug-likeness (QED) is 0.709. The fraction of sp³-hybridized carbons (Fsp3) is 0.917. The second-order valence-corrected chi connectivity index (χ2v) is 4.80. The van der Waals surface area contributed by atoms with E-state index in [-0.39, 0.29) is 0 Å². The van der Waals surface area contributed by atoms with E-state index < -0.39 is 11.5 Å². The Labute approximate surface area is 93.5 Å². The Morgan fingerprint density at radius 1 is 1.40 bits per heavy atom. The lowest BCUT2D eigenvalue weighted by atomic mass is 9.99. The summed E-state index contributed by atoms with van der Waals surface area (Å²) in [6, 6.07) is 0. The standard InChI is InChI=1S/C12H25NO2/c1-6-8-10(3)9-13(7-2)12(4,5)11(14)15/h10H,6-9H2,1-5H3,(H,14,15). The van der Waals surface area contributed by atoms with E-state index in [0.29, 0.717) is 5.92 Å².